The molecule has 3 N–H and O–H groups in total. The second-order valence-corrected chi connectivity index (χ2v) is 4.95. The van der Waals surface area contributed by atoms with Crippen LogP contribution in [-0.2, 0) is 22.7 Å². The van der Waals surface area contributed by atoms with E-state index in [0.717, 1.165) is 5.56 Å². The molecule has 0 saturated carbocycles. The van der Waals surface area contributed by atoms with Gasteiger partial charge < -0.3 is 15.5 Å². The first-order valence-electron chi connectivity index (χ1n) is 6.97. The Kier molecular flexibility index (Phi) is 5.73. The van der Waals surface area contributed by atoms with Crippen molar-refractivity contribution in [2.24, 2.45) is 5.73 Å². The number of carbonyl (C=O) groups excluding carboxylic acids is 2. The summed E-state index contributed by atoms with van der Waals surface area (Å²) in [5.74, 6) is 0.0289. The predicted octanol–water partition coefficient (Wildman–Crippen LogP) is 0.883. The zero-order valence-corrected chi connectivity index (χ0v) is 12.2. The topological polar surface area (TPSA) is 88.6 Å². The van der Waals surface area contributed by atoms with Crippen LogP contribution in [0.15, 0.2) is 53.1 Å². The van der Waals surface area contributed by atoms with Gasteiger partial charge in [-0.05, 0) is 17.7 Å². The highest BCUT2D eigenvalue weighted by Gasteiger charge is 2.13. The number of hydrogen-bond acceptors (Lipinski definition) is 4. The molecule has 0 unspecified atom stereocenters. The van der Waals surface area contributed by atoms with E-state index >= 15 is 0 Å². The monoisotopic (exact) mass is 301 g/mol. The number of primary amides is 1. The summed E-state index contributed by atoms with van der Waals surface area (Å²) in [4.78, 5) is 24.8. The first kappa shape index (κ1) is 15.8. The molecule has 1 aromatic heterocycles. The number of carbonyl (C=O) groups is 2. The number of nitrogens with two attached hydrogens (primary N) is 1. The summed E-state index contributed by atoms with van der Waals surface area (Å²) in [7, 11) is 0. The van der Waals surface area contributed by atoms with Gasteiger partial charge in [0.05, 0.1) is 25.9 Å². The first-order valence-corrected chi connectivity index (χ1v) is 6.97. The van der Waals surface area contributed by atoms with Crippen molar-refractivity contribution in [1.82, 2.24) is 10.2 Å². The van der Waals surface area contributed by atoms with E-state index < -0.39 is 5.91 Å². The minimum atomic E-state index is -0.463. The van der Waals surface area contributed by atoms with Crippen molar-refractivity contribution in [2.75, 3.05) is 13.1 Å². The SMILES string of the molecule is NC(=O)CN(CC(=O)NCc1ccco1)Cc1ccccc1. The van der Waals surface area contributed by atoms with Crippen LogP contribution in [0.3, 0.4) is 0 Å². The van der Waals surface area contributed by atoms with Crippen molar-refractivity contribution in [2.45, 2.75) is 13.1 Å². The summed E-state index contributed by atoms with van der Waals surface area (Å²) < 4.78 is 5.15. The fraction of sp³-hybridized carbons (Fsp3) is 0.250. The predicted molar refractivity (Wildman–Crippen MR) is 81.5 cm³/mol. The second-order valence-electron chi connectivity index (χ2n) is 4.95. The van der Waals surface area contributed by atoms with Gasteiger partial charge >= 0.3 is 0 Å². The van der Waals surface area contributed by atoms with Crippen LogP contribution in [0.5, 0.6) is 0 Å². The molecule has 2 aromatic rings. The first-order chi connectivity index (χ1) is 10.6. The lowest BCUT2D eigenvalue weighted by Crippen LogP contribution is -2.40. The van der Waals surface area contributed by atoms with E-state index in [9.17, 15) is 9.59 Å². The lowest BCUT2D eigenvalue weighted by atomic mass is 10.2. The van der Waals surface area contributed by atoms with Gasteiger partial charge in [0.15, 0.2) is 0 Å². The third kappa shape index (κ3) is 5.41. The molecule has 0 aliphatic heterocycles. The third-order valence-electron chi connectivity index (χ3n) is 3.04. The van der Waals surface area contributed by atoms with Gasteiger partial charge in [-0.1, -0.05) is 30.3 Å². The molecule has 6 nitrogen and oxygen atoms in total. The molecule has 0 saturated heterocycles. The molecule has 0 aliphatic rings. The van der Waals surface area contributed by atoms with Gasteiger partial charge in [-0.25, -0.2) is 0 Å². The van der Waals surface area contributed by atoms with E-state index in [0.29, 0.717) is 18.8 Å². The van der Waals surface area contributed by atoms with Crippen LogP contribution in [0.2, 0.25) is 0 Å². The number of benzene rings is 1. The Bertz CT molecular complexity index is 596. The summed E-state index contributed by atoms with van der Waals surface area (Å²) in [5.41, 5.74) is 6.26. The van der Waals surface area contributed by atoms with Crippen molar-refractivity contribution in [3.63, 3.8) is 0 Å². The number of hydrogen-bond donors (Lipinski definition) is 2. The Morgan fingerprint density at radius 1 is 1.09 bits per heavy atom. The molecule has 0 radical (unpaired) electrons. The number of furan rings is 1. The number of nitrogens with zero attached hydrogens (tertiary/aromatic N) is 1. The molecule has 0 fully saturated rings. The molecule has 116 valence electrons. The summed E-state index contributed by atoms with van der Waals surface area (Å²) in [6.07, 6.45) is 1.55. The number of amides is 2. The van der Waals surface area contributed by atoms with Crippen LogP contribution in [-0.4, -0.2) is 29.8 Å². The maximum Gasteiger partial charge on any atom is 0.234 e. The van der Waals surface area contributed by atoms with E-state index in [2.05, 4.69) is 5.32 Å². The molecule has 0 bridgehead atoms. The molecular formula is C16H19N3O3. The average molecular weight is 301 g/mol. The van der Waals surface area contributed by atoms with Gasteiger partial charge in [-0.2, -0.15) is 0 Å². The van der Waals surface area contributed by atoms with E-state index in [4.69, 9.17) is 10.2 Å². The zero-order valence-electron chi connectivity index (χ0n) is 12.2. The highest BCUT2D eigenvalue weighted by atomic mass is 16.3. The summed E-state index contributed by atoms with van der Waals surface area (Å²) >= 11 is 0. The van der Waals surface area contributed by atoms with Crippen molar-refractivity contribution in [3.05, 3.63) is 60.1 Å². The summed E-state index contributed by atoms with van der Waals surface area (Å²) in [6.45, 7) is 0.932. The molecule has 2 amide bonds. The van der Waals surface area contributed by atoms with E-state index in [1.54, 1.807) is 23.3 Å². The largest absolute Gasteiger partial charge is 0.467 e. The Labute approximate surface area is 128 Å². The van der Waals surface area contributed by atoms with Crippen molar-refractivity contribution < 1.29 is 14.0 Å². The van der Waals surface area contributed by atoms with Gasteiger partial charge in [-0.3, -0.25) is 14.5 Å². The molecule has 2 rings (SSSR count). The molecule has 22 heavy (non-hydrogen) atoms. The third-order valence-corrected chi connectivity index (χ3v) is 3.04. The number of rotatable bonds is 8. The molecule has 1 heterocycles. The molecule has 0 aliphatic carbocycles. The molecule has 1 aromatic carbocycles. The number of nitrogens with one attached hydrogen (secondary N) is 1. The molecule has 6 heteroatoms. The standard InChI is InChI=1S/C16H19N3O3/c17-15(20)11-19(10-13-5-2-1-3-6-13)12-16(21)18-9-14-7-4-8-22-14/h1-8H,9-12H2,(H2,17,20)(H,18,21). The highest BCUT2D eigenvalue weighted by Crippen LogP contribution is 2.04. The van der Waals surface area contributed by atoms with Crippen LogP contribution in [0.25, 0.3) is 0 Å². The van der Waals surface area contributed by atoms with Gasteiger partial charge in [0, 0.05) is 6.54 Å². The van der Waals surface area contributed by atoms with E-state index in [-0.39, 0.29) is 19.0 Å². The van der Waals surface area contributed by atoms with Crippen molar-refractivity contribution in [1.29, 1.82) is 0 Å². The van der Waals surface area contributed by atoms with Crippen LogP contribution in [0.1, 0.15) is 11.3 Å². The fourth-order valence-corrected chi connectivity index (χ4v) is 2.09. The van der Waals surface area contributed by atoms with Crippen molar-refractivity contribution >= 4 is 11.8 Å². The maximum absolute atomic E-state index is 12.0. The fourth-order valence-electron chi connectivity index (χ4n) is 2.09. The lowest BCUT2D eigenvalue weighted by molar-refractivity contribution is -0.124. The Morgan fingerprint density at radius 3 is 2.50 bits per heavy atom. The minimum Gasteiger partial charge on any atom is -0.467 e. The quantitative estimate of drug-likeness (QED) is 0.757. The van der Waals surface area contributed by atoms with Crippen LogP contribution in [0.4, 0.5) is 0 Å². The normalized spacial score (nSPS) is 10.6. The molecular weight excluding hydrogens is 282 g/mol. The van der Waals surface area contributed by atoms with E-state index in [1.165, 1.54) is 0 Å². The molecule has 0 atom stereocenters. The highest BCUT2D eigenvalue weighted by molar-refractivity contribution is 5.80. The zero-order chi connectivity index (χ0) is 15.8. The Hall–Kier alpha value is -2.60. The van der Waals surface area contributed by atoms with Gasteiger partial charge in [0.2, 0.25) is 11.8 Å². The minimum absolute atomic E-state index is 0.0308. The smallest absolute Gasteiger partial charge is 0.234 e. The van der Waals surface area contributed by atoms with Gasteiger partial charge in [0.1, 0.15) is 5.76 Å². The summed E-state index contributed by atoms with van der Waals surface area (Å²) in [6, 6.07) is 13.2. The summed E-state index contributed by atoms with van der Waals surface area (Å²) in [5, 5.41) is 2.75. The van der Waals surface area contributed by atoms with Crippen LogP contribution in [0, 0.1) is 0 Å². The van der Waals surface area contributed by atoms with Crippen LogP contribution < -0.4 is 11.1 Å². The average Bonchev–Trinajstić information content (AvgIpc) is 2.99. The molecule has 0 spiro atoms. The Balaban J connectivity index is 1.88. The maximum atomic E-state index is 12.0. The Morgan fingerprint density at radius 2 is 1.86 bits per heavy atom. The second kappa shape index (κ2) is 7.99. The van der Waals surface area contributed by atoms with Crippen LogP contribution >= 0.6 is 0 Å². The lowest BCUT2D eigenvalue weighted by Gasteiger charge is -2.20. The van der Waals surface area contributed by atoms with E-state index in [1.807, 2.05) is 30.3 Å². The van der Waals surface area contributed by atoms with Gasteiger partial charge in [0.25, 0.3) is 0 Å². The van der Waals surface area contributed by atoms with Crippen molar-refractivity contribution in [3.8, 4) is 0 Å². The van der Waals surface area contributed by atoms with Gasteiger partial charge in [-0.15, -0.1) is 0 Å².